The number of ether oxygens (including phenoxy) is 1. The van der Waals surface area contributed by atoms with Gasteiger partial charge in [-0.25, -0.2) is 4.79 Å². The van der Waals surface area contributed by atoms with E-state index in [1.54, 1.807) is 0 Å². The van der Waals surface area contributed by atoms with Crippen molar-refractivity contribution < 1.29 is 34.1 Å². The van der Waals surface area contributed by atoms with Crippen molar-refractivity contribution in [3.05, 3.63) is 0 Å². The van der Waals surface area contributed by atoms with E-state index in [2.05, 4.69) is 4.74 Å². The van der Waals surface area contributed by atoms with Crippen molar-refractivity contribution >= 4 is 23.7 Å². The van der Waals surface area contributed by atoms with E-state index in [9.17, 15) is 19.2 Å². The molecule has 0 aliphatic carbocycles. The normalized spacial score (nSPS) is 13.5. The van der Waals surface area contributed by atoms with Crippen LogP contribution >= 0.6 is 0 Å². The zero-order chi connectivity index (χ0) is 13.6. The Balaban J connectivity index is 4.36. The smallest absolute Gasteiger partial charge is 0.352 e. The quantitative estimate of drug-likeness (QED) is 0.374. The summed E-state index contributed by atoms with van der Waals surface area (Å²) in [7, 11) is 0. The highest BCUT2D eigenvalue weighted by Crippen LogP contribution is 2.02. The highest BCUT2D eigenvalue weighted by Gasteiger charge is 2.29. The van der Waals surface area contributed by atoms with Crippen LogP contribution in [0.25, 0.3) is 0 Å². The summed E-state index contributed by atoms with van der Waals surface area (Å²) in [4.78, 5) is 42.8. The number of rotatable bonds is 7. The lowest BCUT2D eigenvalue weighted by Crippen LogP contribution is -2.40. The van der Waals surface area contributed by atoms with Crippen molar-refractivity contribution in [2.75, 3.05) is 0 Å². The Bertz CT molecular complexity index is 324. The van der Waals surface area contributed by atoms with Gasteiger partial charge >= 0.3 is 17.9 Å². The van der Waals surface area contributed by atoms with Crippen LogP contribution < -0.4 is 5.73 Å². The molecule has 0 spiro atoms. The molecule has 0 aromatic rings. The van der Waals surface area contributed by atoms with Crippen LogP contribution in [-0.2, 0) is 23.9 Å². The van der Waals surface area contributed by atoms with Gasteiger partial charge in [-0.2, -0.15) is 0 Å². The third-order valence-electron chi connectivity index (χ3n) is 1.80. The molecule has 0 aromatic heterocycles. The summed E-state index contributed by atoms with van der Waals surface area (Å²) in [5.74, 6) is -4.71. The van der Waals surface area contributed by atoms with E-state index in [1.807, 2.05) is 0 Å². The molecule has 2 atom stereocenters. The van der Waals surface area contributed by atoms with Gasteiger partial charge in [0.1, 0.15) is 6.04 Å². The van der Waals surface area contributed by atoms with Crippen LogP contribution in [0, 0.1) is 0 Å². The fraction of sp³-hybridized carbons (Fsp3) is 0.556. The molecule has 4 N–H and O–H groups in total. The molecule has 17 heavy (non-hydrogen) atoms. The van der Waals surface area contributed by atoms with Gasteiger partial charge in [0, 0.05) is 6.42 Å². The van der Waals surface area contributed by atoms with Crippen molar-refractivity contribution in [1.82, 2.24) is 0 Å². The van der Waals surface area contributed by atoms with Gasteiger partial charge in [0.05, 0.1) is 0 Å². The predicted octanol–water partition coefficient (Wildman–Crippen LogP) is -1.24. The Morgan fingerprint density at radius 2 is 1.76 bits per heavy atom. The van der Waals surface area contributed by atoms with Crippen LogP contribution in [-0.4, -0.2) is 46.1 Å². The fourth-order valence-corrected chi connectivity index (χ4v) is 0.908. The molecule has 0 aliphatic heterocycles. The maximum Gasteiger partial charge on any atom is 0.352 e. The van der Waals surface area contributed by atoms with Crippen LogP contribution in [0.2, 0.25) is 0 Å². The Hall–Kier alpha value is -1.96. The number of ketones is 1. The Morgan fingerprint density at radius 1 is 1.24 bits per heavy atom. The number of aliphatic carboxylic acids is 2. The second-order valence-electron chi connectivity index (χ2n) is 3.30. The lowest BCUT2D eigenvalue weighted by molar-refractivity contribution is -0.168. The fourth-order valence-electron chi connectivity index (χ4n) is 0.908. The molecule has 0 aromatic carbocycles. The Kier molecular flexibility index (Phi) is 5.83. The maximum absolute atomic E-state index is 11.2. The standard InChI is InChI=1S/C9H13NO7/c1-4(11)7(8(14)15)17-9(16)5(10)2-3-6(12)13/h5,7H,2-3,10H2,1H3,(H,12,13)(H,14,15). The van der Waals surface area contributed by atoms with Crippen molar-refractivity contribution in [2.45, 2.75) is 31.9 Å². The zero-order valence-corrected chi connectivity index (χ0v) is 9.08. The molecule has 0 bridgehead atoms. The van der Waals surface area contributed by atoms with E-state index < -0.39 is 35.8 Å². The second kappa shape index (κ2) is 6.59. The number of hydrogen-bond donors (Lipinski definition) is 3. The van der Waals surface area contributed by atoms with Gasteiger partial charge in [-0.05, 0) is 13.3 Å². The molecular formula is C9H13NO7. The molecule has 0 aliphatic rings. The molecule has 0 saturated heterocycles. The maximum atomic E-state index is 11.2. The van der Waals surface area contributed by atoms with E-state index in [0.717, 1.165) is 6.92 Å². The van der Waals surface area contributed by atoms with Crippen LogP contribution in [0.15, 0.2) is 0 Å². The molecule has 0 amide bonds. The minimum Gasteiger partial charge on any atom is -0.481 e. The topological polar surface area (TPSA) is 144 Å². The summed E-state index contributed by atoms with van der Waals surface area (Å²) in [6.45, 7) is 0.953. The van der Waals surface area contributed by atoms with E-state index in [0.29, 0.717) is 0 Å². The molecule has 0 rings (SSSR count). The summed E-state index contributed by atoms with van der Waals surface area (Å²) in [6, 6.07) is -1.27. The van der Waals surface area contributed by atoms with Crippen LogP contribution in [0.4, 0.5) is 0 Å². The summed E-state index contributed by atoms with van der Waals surface area (Å²) >= 11 is 0. The largest absolute Gasteiger partial charge is 0.481 e. The van der Waals surface area contributed by atoms with Crippen LogP contribution in [0.3, 0.4) is 0 Å². The molecule has 8 heteroatoms. The Labute approximate surface area is 96.3 Å². The third kappa shape index (κ3) is 5.61. The van der Waals surface area contributed by atoms with Crippen LogP contribution in [0.5, 0.6) is 0 Å². The van der Waals surface area contributed by atoms with Crippen molar-refractivity contribution in [1.29, 1.82) is 0 Å². The summed E-state index contributed by atoms with van der Waals surface area (Å²) in [6.07, 6.45) is -2.45. The monoisotopic (exact) mass is 247 g/mol. The first kappa shape index (κ1) is 15.0. The minimum atomic E-state index is -1.90. The lowest BCUT2D eigenvalue weighted by atomic mass is 10.1. The average molecular weight is 247 g/mol. The molecular weight excluding hydrogens is 234 g/mol. The summed E-state index contributed by atoms with van der Waals surface area (Å²) in [5, 5.41) is 16.9. The van der Waals surface area contributed by atoms with E-state index in [-0.39, 0.29) is 12.8 Å². The highest BCUT2D eigenvalue weighted by atomic mass is 16.6. The number of Topliss-reactive ketones (excluding diaryl/α,β-unsaturated/α-hetero) is 1. The first-order valence-electron chi connectivity index (χ1n) is 4.66. The molecule has 0 saturated carbocycles. The zero-order valence-electron chi connectivity index (χ0n) is 9.08. The summed E-state index contributed by atoms with van der Waals surface area (Å²) < 4.78 is 4.36. The number of esters is 1. The first-order chi connectivity index (χ1) is 7.75. The Morgan fingerprint density at radius 3 is 2.12 bits per heavy atom. The average Bonchev–Trinajstić information content (AvgIpc) is 2.20. The number of hydrogen-bond acceptors (Lipinski definition) is 6. The molecule has 2 unspecified atom stereocenters. The molecule has 0 fully saturated rings. The number of carboxylic acid groups (broad SMARTS) is 2. The van der Waals surface area contributed by atoms with Gasteiger partial charge in [-0.1, -0.05) is 0 Å². The number of carbonyl (C=O) groups is 4. The predicted molar refractivity (Wildman–Crippen MR) is 53.0 cm³/mol. The van der Waals surface area contributed by atoms with Gasteiger partial charge in [-0.15, -0.1) is 0 Å². The van der Waals surface area contributed by atoms with Gasteiger partial charge in [0.25, 0.3) is 6.10 Å². The van der Waals surface area contributed by atoms with E-state index in [4.69, 9.17) is 15.9 Å². The molecule has 0 radical (unpaired) electrons. The van der Waals surface area contributed by atoms with Gasteiger partial charge in [0.2, 0.25) is 0 Å². The first-order valence-corrected chi connectivity index (χ1v) is 4.66. The van der Waals surface area contributed by atoms with E-state index >= 15 is 0 Å². The van der Waals surface area contributed by atoms with Gasteiger partial charge in [-0.3, -0.25) is 14.4 Å². The lowest BCUT2D eigenvalue weighted by Gasteiger charge is -2.14. The number of carbonyl (C=O) groups excluding carboxylic acids is 2. The van der Waals surface area contributed by atoms with Crippen molar-refractivity contribution in [2.24, 2.45) is 5.73 Å². The molecule has 96 valence electrons. The second-order valence-corrected chi connectivity index (χ2v) is 3.30. The SMILES string of the molecule is CC(=O)C(OC(=O)C(N)CCC(=O)O)C(=O)O. The number of carboxylic acids is 2. The minimum absolute atomic E-state index is 0.196. The highest BCUT2D eigenvalue weighted by molar-refractivity contribution is 6.01. The van der Waals surface area contributed by atoms with Gasteiger partial charge < -0.3 is 20.7 Å². The van der Waals surface area contributed by atoms with Crippen LogP contribution in [0.1, 0.15) is 19.8 Å². The van der Waals surface area contributed by atoms with Crippen molar-refractivity contribution in [3.8, 4) is 0 Å². The third-order valence-corrected chi connectivity index (χ3v) is 1.80. The van der Waals surface area contributed by atoms with E-state index in [1.165, 1.54) is 0 Å². The van der Waals surface area contributed by atoms with Crippen molar-refractivity contribution in [3.63, 3.8) is 0 Å². The summed E-state index contributed by atoms with van der Waals surface area (Å²) in [5.41, 5.74) is 5.27. The van der Waals surface area contributed by atoms with Gasteiger partial charge in [0.15, 0.2) is 5.78 Å². The molecule has 0 heterocycles. The number of nitrogens with two attached hydrogens (primary N) is 1. The molecule has 8 nitrogen and oxygen atoms in total.